The molecule has 0 bridgehead atoms. The van der Waals surface area contributed by atoms with Gasteiger partial charge in [-0.15, -0.1) is 0 Å². The maximum atomic E-state index is 13.2. The number of aromatic nitrogens is 2. The van der Waals surface area contributed by atoms with E-state index >= 15 is 0 Å². The number of benzene rings is 1. The summed E-state index contributed by atoms with van der Waals surface area (Å²) in [5, 5.41) is 3.44. The van der Waals surface area contributed by atoms with Gasteiger partial charge in [-0.25, -0.2) is 14.4 Å². The summed E-state index contributed by atoms with van der Waals surface area (Å²) >= 11 is 5.80. The summed E-state index contributed by atoms with van der Waals surface area (Å²) in [6.07, 6.45) is 2.36. The zero-order valence-corrected chi connectivity index (χ0v) is 11.2. The molecule has 19 heavy (non-hydrogen) atoms. The molecule has 3 nitrogen and oxygen atoms in total. The van der Waals surface area contributed by atoms with E-state index in [2.05, 4.69) is 15.3 Å². The number of hydrogen-bond donors (Lipinski definition) is 1. The van der Waals surface area contributed by atoms with Crippen LogP contribution < -0.4 is 5.32 Å². The van der Waals surface area contributed by atoms with Crippen molar-refractivity contribution in [1.29, 1.82) is 0 Å². The van der Waals surface area contributed by atoms with E-state index in [0.29, 0.717) is 11.9 Å². The van der Waals surface area contributed by atoms with Crippen molar-refractivity contribution < 1.29 is 4.39 Å². The molecular formula is C14H13ClFN3. The first-order valence-corrected chi connectivity index (χ1v) is 6.57. The topological polar surface area (TPSA) is 37.8 Å². The summed E-state index contributed by atoms with van der Waals surface area (Å²) in [6.45, 7) is 1.84. The predicted molar refractivity (Wildman–Crippen MR) is 73.8 cm³/mol. The van der Waals surface area contributed by atoms with Crippen molar-refractivity contribution in [2.24, 2.45) is 0 Å². The number of halogens is 2. The Morgan fingerprint density at radius 2 is 2.05 bits per heavy atom. The molecule has 0 radical (unpaired) electrons. The molecule has 1 fully saturated rings. The van der Waals surface area contributed by atoms with Crippen LogP contribution in [0.25, 0.3) is 11.3 Å². The number of anilines is 1. The van der Waals surface area contributed by atoms with Gasteiger partial charge in [-0.2, -0.15) is 0 Å². The van der Waals surface area contributed by atoms with Gasteiger partial charge < -0.3 is 5.32 Å². The molecule has 1 heterocycles. The Balaban J connectivity index is 1.98. The molecule has 3 rings (SSSR count). The summed E-state index contributed by atoms with van der Waals surface area (Å²) in [7, 11) is 0. The van der Waals surface area contributed by atoms with Crippen molar-refractivity contribution in [2.45, 2.75) is 25.8 Å². The van der Waals surface area contributed by atoms with Gasteiger partial charge in [0.2, 0.25) is 0 Å². The van der Waals surface area contributed by atoms with Crippen LogP contribution in [0.1, 0.15) is 18.7 Å². The molecule has 0 amide bonds. The average molecular weight is 278 g/mol. The van der Waals surface area contributed by atoms with Crippen molar-refractivity contribution in [3.8, 4) is 11.3 Å². The van der Waals surface area contributed by atoms with Crippen LogP contribution in [0, 0.1) is 12.7 Å². The Morgan fingerprint density at radius 1 is 1.26 bits per heavy atom. The third kappa shape index (κ3) is 2.84. The minimum absolute atomic E-state index is 0.102. The molecule has 1 N–H and O–H groups in total. The first-order valence-electron chi connectivity index (χ1n) is 6.19. The van der Waals surface area contributed by atoms with Crippen LogP contribution in [0.15, 0.2) is 24.3 Å². The Bertz CT molecular complexity index is 626. The first-order chi connectivity index (χ1) is 9.11. The van der Waals surface area contributed by atoms with E-state index in [1.807, 2.05) is 13.0 Å². The van der Waals surface area contributed by atoms with E-state index in [9.17, 15) is 4.39 Å². The summed E-state index contributed by atoms with van der Waals surface area (Å²) < 4.78 is 13.2. The van der Waals surface area contributed by atoms with Crippen molar-refractivity contribution >= 4 is 17.4 Å². The maximum Gasteiger partial charge on any atom is 0.141 e. The third-order valence-electron chi connectivity index (χ3n) is 2.98. The number of hydrogen-bond acceptors (Lipinski definition) is 3. The molecule has 5 heteroatoms. The number of nitrogens with one attached hydrogen (secondary N) is 1. The van der Waals surface area contributed by atoms with Crippen molar-refractivity contribution in [3.63, 3.8) is 0 Å². The largest absolute Gasteiger partial charge is 0.367 e. The lowest BCUT2D eigenvalue weighted by atomic mass is 10.1. The number of aryl methyl sites for hydroxylation is 1. The van der Waals surface area contributed by atoms with E-state index in [4.69, 9.17) is 11.6 Å². The van der Waals surface area contributed by atoms with Crippen molar-refractivity contribution in [3.05, 3.63) is 40.9 Å². The van der Waals surface area contributed by atoms with Crippen LogP contribution in [0.3, 0.4) is 0 Å². The first kappa shape index (κ1) is 12.4. The van der Waals surface area contributed by atoms with E-state index in [-0.39, 0.29) is 5.02 Å². The molecule has 1 aliphatic carbocycles. The quantitative estimate of drug-likeness (QED) is 0.927. The standard InChI is InChI=1S/C14H13ClFN3/c1-8-17-13(7-14(18-8)19-10-3-4-10)9-2-5-12(16)11(15)6-9/h2,5-7,10H,3-4H2,1H3,(H,17,18,19). The van der Waals surface area contributed by atoms with E-state index in [1.165, 1.54) is 18.9 Å². The lowest BCUT2D eigenvalue weighted by Crippen LogP contribution is -2.05. The lowest BCUT2D eigenvalue weighted by molar-refractivity contribution is 0.628. The maximum absolute atomic E-state index is 13.2. The molecule has 1 saturated carbocycles. The Morgan fingerprint density at radius 3 is 2.74 bits per heavy atom. The van der Waals surface area contributed by atoms with Crippen molar-refractivity contribution in [2.75, 3.05) is 5.32 Å². The monoisotopic (exact) mass is 277 g/mol. The lowest BCUT2D eigenvalue weighted by Gasteiger charge is -2.08. The van der Waals surface area contributed by atoms with Gasteiger partial charge in [-0.05, 0) is 38.0 Å². The van der Waals surface area contributed by atoms with Gasteiger partial charge in [0.1, 0.15) is 17.5 Å². The average Bonchev–Trinajstić information content (AvgIpc) is 3.16. The summed E-state index contributed by atoms with van der Waals surface area (Å²) in [6, 6.07) is 7.00. The van der Waals surface area contributed by atoms with Gasteiger partial charge in [-0.3, -0.25) is 0 Å². The molecule has 1 aliphatic rings. The van der Waals surface area contributed by atoms with Crippen LogP contribution in [0.5, 0.6) is 0 Å². The second-order valence-electron chi connectivity index (χ2n) is 4.73. The Labute approximate surface area is 115 Å². The molecule has 0 spiro atoms. The van der Waals surface area contributed by atoms with Gasteiger partial charge in [0.05, 0.1) is 10.7 Å². The molecule has 0 aliphatic heterocycles. The SMILES string of the molecule is Cc1nc(NC2CC2)cc(-c2ccc(F)c(Cl)c2)n1. The van der Waals surface area contributed by atoms with Gasteiger partial charge in [0, 0.05) is 17.7 Å². The van der Waals surface area contributed by atoms with Crippen LogP contribution in [-0.4, -0.2) is 16.0 Å². The van der Waals surface area contributed by atoms with Gasteiger partial charge in [-0.1, -0.05) is 11.6 Å². The van der Waals surface area contributed by atoms with Crippen LogP contribution in [0.2, 0.25) is 5.02 Å². The molecule has 1 aromatic heterocycles. The zero-order valence-electron chi connectivity index (χ0n) is 10.5. The second kappa shape index (κ2) is 4.78. The fraction of sp³-hybridized carbons (Fsp3) is 0.286. The predicted octanol–water partition coefficient (Wildman–Crippen LogP) is 3.82. The molecule has 0 unspecified atom stereocenters. The highest BCUT2D eigenvalue weighted by Crippen LogP contribution is 2.27. The molecule has 0 saturated heterocycles. The normalized spacial score (nSPS) is 14.5. The fourth-order valence-electron chi connectivity index (χ4n) is 1.88. The summed E-state index contributed by atoms with van der Waals surface area (Å²) in [5.74, 6) is 1.07. The molecular weight excluding hydrogens is 265 g/mol. The highest BCUT2D eigenvalue weighted by Gasteiger charge is 2.21. The van der Waals surface area contributed by atoms with Gasteiger partial charge in [0.15, 0.2) is 0 Å². The summed E-state index contributed by atoms with van der Waals surface area (Å²) in [4.78, 5) is 8.72. The highest BCUT2D eigenvalue weighted by atomic mass is 35.5. The van der Waals surface area contributed by atoms with E-state index in [1.54, 1.807) is 12.1 Å². The molecule has 1 aromatic carbocycles. The second-order valence-corrected chi connectivity index (χ2v) is 5.14. The van der Waals surface area contributed by atoms with Crippen molar-refractivity contribution in [1.82, 2.24) is 9.97 Å². The number of rotatable bonds is 3. The molecule has 0 atom stereocenters. The fourth-order valence-corrected chi connectivity index (χ4v) is 2.06. The summed E-state index contributed by atoms with van der Waals surface area (Å²) in [5.41, 5.74) is 1.54. The van der Waals surface area contributed by atoms with Crippen LogP contribution in [0.4, 0.5) is 10.2 Å². The molecule has 2 aromatic rings. The van der Waals surface area contributed by atoms with Crippen LogP contribution in [-0.2, 0) is 0 Å². The van der Waals surface area contributed by atoms with Crippen LogP contribution >= 0.6 is 11.6 Å². The van der Waals surface area contributed by atoms with E-state index < -0.39 is 5.82 Å². The number of nitrogens with zero attached hydrogens (tertiary/aromatic N) is 2. The Hall–Kier alpha value is -1.68. The third-order valence-corrected chi connectivity index (χ3v) is 3.27. The molecule has 98 valence electrons. The van der Waals surface area contributed by atoms with Gasteiger partial charge in [0.25, 0.3) is 0 Å². The van der Waals surface area contributed by atoms with E-state index in [0.717, 1.165) is 17.1 Å². The van der Waals surface area contributed by atoms with Gasteiger partial charge >= 0.3 is 0 Å². The Kier molecular flexibility index (Phi) is 3.11. The highest BCUT2D eigenvalue weighted by molar-refractivity contribution is 6.31. The minimum atomic E-state index is -0.424. The smallest absolute Gasteiger partial charge is 0.141 e. The zero-order chi connectivity index (χ0) is 13.4. The minimum Gasteiger partial charge on any atom is -0.367 e.